The van der Waals surface area contributed by atoms with E-state index in [0.29, 0.717) is 40.8 Å². The van der Waals surface area contributed by atoms with E-state index in [4.69, 9.17) is 23.6 Å². The lowest BCUT2D eigenvalue weighted by atomic mass is 10.0. The third-order valence-electron chi connectivity index (χ3n) is 6.03. The van der Waals surface area contributed by atoms with Crippen LogP contribution in [0.15, 0.2) is 53.3 Å². The fourth-order valence-electron chi connectivity index (χ4n) is 4.09. The summed E-state index contributed by atoms with van der Waals surface area (Å²) in [4.78, 5) is 24.2. The zero-order valence-electron chi connectivity index (χ0n) is 20.4. The minimum atomic E-state index is -0.405. The minimum Gasteiger partial charge on any atom is -0.471 e. The van der Waals surface area contributed by atoms with Crippen molar-refractivity contribution in [2.75, 3.05) is 38.3 Å². The Morgan fingerprint density at radius 1 is 1.19 bits per heavy atom. The summed E-state index contributed by atoms with van der Waals surface area (Å²) >= 11 is 1.27. The number of carbonyl (C=O) groups is 1. The number of hydrogen-bond donors (Lipinski definition) is 0. The predicted octanol–water partition coefficient (Wildman–Crippen LogP) is 4.85. The summed E-state index contributed by atoms with van der Waals surface area (Å²) in [5, 5.41) is 10.0. The molecule has 0 spiro atoms. The number of ether oxygens (including phenoxy) is 3. The number of carbonyl (C=O) groups excluding carboxylic acids is 1. The van der Waals surface area contributed by atoms with E-state index >= 15 is 0 Å². The van der Waals surface area contributed by atoms with Gasteiger partial charge in [-0.15, -0.1) is 11.3 Å². The number of aromatic nitrogens is 2. The van der Waals surface area contributed by atoms with Crippen molar-refractivity contribution >= 4 is 23.0 Å². The number of nitriles is 1. The van der Waals surface area contributed by atoms with Crippen LogP contribution in [0.25, 0.3) is 22.6 Å². The van der Waals surface area contributed by atoms with Crippen LogP contribution in [0, 0.1) is 18.3 Å². The summed E-state index contributed by atoms with van der Waals surface area (Å²) in [5.74, 6) is 0.257. The van der Waals surface area contributed by atoms with Gasteiger partial charge in [-0.25, -0.2) is 14.8 Å². The van der Waals surface area contributed by atoms with Crippen LogP contribution in [0.3, 0.4) is 0 Å². The molecule has 0 unspecified atom stereocenters. The molecule has 10 heteroatoms. The second-order valence-electron chi connectivity index (χ2n) is 8.31. The highest BCUT2D eigenvalue weighted by molar-refractivity contribution is 7.13. The van der Waals surface area contributed by atoms with E-state index in [-0.39, 0.29) is 18.1 Å². The van der Waals surface area contributed by atoms with Crippen molar-refractivity contribution in [3.05, 3.63) is 69.9 Å². The highest BCUT2D eigenvalue weighted by atomic mass is 32.1. The van der Waals surface area contributed by atoms with Gasteiger partial charge in [-0.3, -0.25) is 0 Å². The smallest absolute Gasteiger partial charge is 0.348 e. The van der Waals surface area contributed by atoms with Crippen molar-refractivity contribution in [3.63, 3.8) is 0 Å². The Morgan fingerprint density at radius 2 is 1.97 bits per heavy atom. The van der Waals surface area contributed by atoms with Crippen molar-refractivity contribution < 1.29 is 23.4 Å². The number of aryl methyl sites for hydroxylation is 1. The summed E-state index contributed by atoms with van der Waals surface area (Å²) in [6.45, 7) is 5.08. The first kappa shape index (κ1) is 24.5. The SMILES string of the molecule is COC(=O)c1ccc(COc2nc(-c3ccc(N4CCOCC4)cc3)cc(-c3ocnc3C)c2C#N)s1. The first-order valence-electron chi connectivity index (χ1n) is 11.7. The summed E-state index contributed by atoms with van der Waals surface area (Å²) in [7, 11) is 1.34. The topological polar surface area (TPSA) is 111 Å². The fourth-order valence-corrected chi connectivity index (χ4v) is 4.93. The molecule has 9 nitrogen and oxygen atoms in total. The van der Waals surface area contributed by atoms with Crippen LogP contribution < -0.4 is 9.64 Å². The Kier molecular flexibility index (Phi) is 7.16. The lowest BCUT2D eigenvalue weighted by molar-refractivity contribution is 0.0606. The van der Waals surface area contributed by atoms with Crippen molar-refractivity contribution in [3.8, 4) is 34.5 Å². The molecule has 0 bridgehead atoms. The Hall–Kier alpha value is -4.20. The molecule has 1 aromatic carbocycles. The average molecular weight is 517 g/mol. The third-order valence-corrected chi connectivity index (χ3v) is 7.07. The van der Waals surface area contributed by atoms with Crippen molar-refractivity contribution in [2.24, 2.45) is 0 Å². The van der Waals surface area contributed by atoms with Gasteiger partial charge in [0.1, 0.15) is 23.1 Å². The van der Waals surface area contributed by atoms with E-state index in [1.54, 1.807) is 12.1 Å². The van der Waals surface area contributed by atoms with Crippen LogP contribution in [0.4, 0.5) is 5.69 Å². The van der Waals surface area contributed by atoms with Gasteiger partial charge in [0.15, 0.2) is 12.2 Å². The van der Waals surface area contributed by atoms with E-state index in [9.17, 15) is 10.1 Å². The van der Waals surface area contributed by atoms with Crippen LogP contribution in [-0.4, -0.2) is 49.4 Å². The van der Waals surface area contributed by atoms with Crippen LogP contribution in [-0.2, 0) is 16.1 Å². The molecule has 0 aliphatic carbocycles. The van der Waals surface area contributed by atoms with E-state index in [1.165, 1.54) is 24.8 Å². The number of thiophene rings is 1. The van der Waals surface area contributed by atoms with Gasteiger partial charge >= 0.3 is 5.97 Å². The van der Waals surface area contributed by atoms with E-state index in [2.05, 4.69) is 28.1 Å². The molecule has 4 heterocycles. The number of nitrogens with zero attached hydrogens (tertiary/aromatic N) is 4. The molecule has 1 aliphatic heterocycles. The zero-order valence-corrected chi connectivity index (χ0v) is 21.2. The van der Waals surface area contributed by atoms with Gasteiger partial charge in [0.05, 0.1) is 31.7 Å². The minimum absolute atomic E-state index is 0.136. The van der Waals surface area contributed by atoms with Gasteiger partial charge in [-0.05, 0) is 37.3 Å². The monoisotopic (exact) mass is 516 g/mol. The molecule has 1 saturated heterocycles. The quantitative estimate of drug-likeness (QED) is 0.318. The maximum absolute atomic E-state index is 11.8. The van der Waals surface area contributed by atoms with Crippen molar-refractivity contribution in [1.29, 1.82) is 5.26 Å². The first-order chi connectivity index (χ1) is 18.1. The lowest BCUT2D eigenvalue weighted by Gasteiger charge is -2.28. The van der Waals surface area contributed by atoms with Gasteiger partial charge in [0, 0.05) is 34.8 Å². The molecule has 0 saturated carbocycles. The van der Waals surface area contributed by atoms with Crippen molar-refractivity contribution in [1.82, 2.24) is 9.97 Å². The summed E-state index contributed by atoms with van der Waals surface area (Å²) in [6, 6.07) is 15.6. The van der Waals surface area contributed by atoms with Crippen molar-refractivity contribution in [2.45, 2.75) is 13.5 Å². The van der Waals surface area contributed by atoms with Gasteiger partial charge < -0.3 is 23.5 Å². The number of rotatable bonds is 7. The molecule has 0 radical (unpaired) electrons. The third kappa shape index (κ3) is 5.18. The fraction of sp³-hybridized carbons (Fsp3) is 0.259. The molecule has 188 valence electrons. The Morgan fingerprint density at radius 3 is 2.65 bits per heavy atom. The Labute approximate surface area is 217 Å². The largest absolute Gasteiger partial charge is 0.471 e. The second-order valence-corrected chi connectivity index (χ2v) is 9.47. The summed E-state index contributed by atoms with van der Waals surface area (Å²) < 4.78 is 21.9. The van der Waals surface area contributed by atoms with Crippen LogP contribution >= 0.6 is 11.3 Å². The molecule has 1 fully saturated rings. The zero-order chi connectivity index (χ0) is 25.8. The number of benzene rings is 1. The molecular weight excluding hydrogens is 492 g/mol. The molecule has 37 heavy (non-hydrogen) atoms. The molecule has 0 N–H and O–H groups in total. The lowest BCUT2D eigenvalue weighted by Crippen LogP contribution is -2.36. The molecule has 5 rings (SSSR count). The number of pyridine rings is 1. The number of anilines is 1. The Balaban J connectivity index is 1.50. The second kappa shape index (κ2) is 10.8. The number of hydrogen-bond acceptors (Lipinski definition) is 10. The predicted molar refractivity (Wildman–Crippen MR) is 138 cm³/mol. The molecule has 4 aromatic rings. The van der Waals surface area contributed by atoms with Gasteiger partial charge in [0.2, 0.25) is 5.88 Å². The number of methoxy groups -OCH3 is 1. The van der Waals surface area contributed by atoms with Gasteiger partial charge in [-0.1, -0.05) is 12.1 Å². The number of esters is 1. The van der Waals surface area contributed by atoms with Crippen LogP contribution in [0.2, 0.25) is 0 Å². The van der Waals surface area contributed by atoms with E-state index < -0.39 is 5.97 Å². The van der Waals surface area contributed by atoms with E-state index in [1.807, 2.05) is 25.1 Å². The van der Waals surface area contributed by atoms with Crippen LogP contribution in [0.5, 0.6) is 5.88 Å². The van der Waals surface area contributed by atoms with Crippen LogP contribution in [0.1, 0.15) is 25.8 Å². The molecule has 0 amide bonds. The standard InChI is InChI=1S/C27H24N4O5S/c1-17-25(36-16-29-17)21-13-23(18-3-5-19(6-4-18)31-9-11-34-12-10-31)30-26(22(21)14-28)35-15-20-7-8-24(37-20)27(32)33-2/h3-8,13,16H,9-12,15H2,1-2H3. The molecule has 0 atom stereocenters. The van der Waals surface area contributed by atoms with Gasteiger partial charge in [-0.2, -0.15) is 5.26 Å². The molecule has 1 aliphatic rings. The highest BCUT2D eigenvalue weighted by Crippen LogP contribution is 2.36. The molecular formula is C27H24N4O5S. The highest BCUT2D eigenvalue weighted by Gasteiger charge is 2.21. The maximum atomic E-state index is 11.8. The number of morpholine rings is 1. The normalized spacial score (nSPS) is 13.3. The van der Waals surface area contributed by atoms with Gasteiger partial charge in [0.25, 0.3) is 0 Å². The Bertz CT molecular complexity index is 1450. The summed E-state index contributed by atoms with van der Waals surface area (Å²) in [6.07, 6.45) is 1.35. The maximum Gasteiger partial charge on any atom is 0.348 e. The summed E-state index contributed by atoms with van der Waals surface area (Å²) in [5.41, 5.74) is 4.07. The van der Waals surface area contributed by atoms with E-state index in [0.717, 1.165) is 29.2 Å². The average Bonchev–Trinajstić information content (AvgIpc) is 3.60. The number of oxazole rings is 1. The first-order valence-corrected chi connectivity index (χ1v) is 12.5. The molecule has 3 aromatic heterocycles.